The van der Waals surface area contributed by atoms with Crippen LogP contribution in [0.15, 0.2) is 47.3 Å². The van der Waals surface area contributed by atoms with Crippen molar-refractivity contribution in [1.29, 1.82) is 0 Å². The molecule has 0 aliphatic heterocycles. The van der Waals surface area contributed by atoms with E-state index in [1.165, 1.54) is 0 Å². The molecule has 2 rings (SSSR count). The van der Waals surface area contributed by atoms with Gasteiger partial charge in [0, 0.05) is 18.3 Å². The lowest BCUT2D eigenvalue weighted by Crippen LogP contribution is -2.21. The monoisotopic (exact) mass is 271 g/mol. The molecule has 1 aromatic carbocycles. The van der Waals surface area contributed by atoms with Gasteiger partial charge in [-0.15, -0.1) is 0 Å². The summed E-state index contributed by atoms with van der Waals surface area (Å²) in [5.41, 5.74) is 2.24. The maximum Gasteiger partial charge on any atom is 0.250 e. The van der Waals surface area contributed by atoms with Crippen molar-refractivity contribution >= 4 is 0 Å². The van der Waals surface area contributed by atoms with E-state index in [-0.39, 0.29) is 5.56 Å². The third-order valence-corrected chi connectivity index (χ3v) is 3.40. The van der Waals surface area contributed by atoms with Crippen molar-refractivity contribution in [3.8, 4) is 5.75 Å². The molecule has 0 saturated heterocycles. The van der Waals surface area contributed by atoms with Crippen LogP contribution in [0, 0.1) is 13.8 Å². The van der Waals surface area contributed by atoms with Gasteiger partial charge >= 0.3 is 0 Å². The van der Waals surface area contributed by atoms with Gasteiger partial charge in [0.15, 0.2) is 0 Å². The first-order valence-corrected chi connectivity index (χ1v) is 7.03. The first kappa shape index (κ1) is 14.4. The number of unbranched alkanes of at least 4 members (excludes halogenated alkanes) is 1. The molecule has 0 bridgehead atoms. The zero-order chi connectivity index (χ0) is 14.4. The van der Waals surface area contributed by atoms with Gasteiger partial charge in [-0.2, -0.15) is 0 Å². The Hall–Kier alpha value is -2.03. The molecule has 0 amide bonds. The zero-order valence-corrected chi connectivity index (χ0v) is 12.1. The number of ether oxygens (including phenoxy) is 1. The fraction of sp³-hybridized carbons (Fsp3) is 0.353. The van der Waals surface area contributed by atoms with Gasteiger partial charge in [-0.25, -0.2) is 0 Å². The Balaban J connectivity index is 1.77. The number of para-hydroxylation sites is 1. The van der Waals surface area contributed by atoms with E-state index >= 15 is 0 Å². The summed E-state index contributed by atoms with van der Waals surface area (Å²) < 4.78 is 7.56. The van der Waals surface area contributed by atoms with Crippen LogP contribution in [0.4, 0.5) is 0 Å². The van der Waals surface area contributed by atoms with Gasteiger partial charge in [-0.05, 0) is 44.4 Å². The van der Waals surface area contributed by atoms with Crippen molar-refractivity contribution in [2.45, 2.75) is 33.2 Å². The summed E-state index contributed by atoms with van der Waals surface area (Å²) in [5, 5.41) is 0. The van der Waals surface area contributed by atoms with Gasteiger partial charge in [0.25, 0.3) is 5.56 Å². The summed E-state index contributed by atoms with van der Waals surface area (Å²) in [6, 6.07) is 13.4. The fourth-order valence-corrected chi connectivity index (χ4v) is 2.18. The molecular weight excluding hydrogens is 250 g/mol. The van der Waals surface area contributed by atoms with Crippen LogP contribution in [-0.4, -0.2) is 11.2 Å². The smallest absolute Gasteiger partial charge is 0.250 e. The molecule has 0 aliphatic carbocycles. The predicted octanol–water partition coefficient (Wildman–Crippen LogP) is 3.32. The van der Waals surface area contributed by atoms with E-state index in [1.54, 1.807) is 12.1 Å². The van der Waals surface area contributed by atoms with E-state index in [0.29, 0.717) is 6.61 Å². The van der Waals surface area contributed by atoms with Crippen LogP contribution in [0.3, 0.4) is 0 Å². The maximum atomic E-state index is 11.7. The minimum atomic E-state index is 0.0739. The van der Waals surface area contributed by atoms with Crippen LogP contribution in [0.5, 0.6) is 5.75 Å². The highest BCUT2D eigenvalue weighted by Crippen LogP contribution is 2.16. The van der Waals surface area contributed by atoms with Crippen LogP contribution >= 0.6 is 0 Å². The summed E-state index contributed by atoms with van der Waals surface area (Å²) in [6.07, 6.45) is 1.88. The average Bonchev–Trinajstić information content (AvgIpc) is 2.43. The number of rotatable bonds is 6. The van der Waals surface area contributed by atoms with Crippen LogP contribution in [0.2, 0.25) is 0 Å². The highest BCUT2D eigenvalue weighted by atomic mass is 16.5. The normalized spacial score (nSPS) is 10.5. The minimum Gasteiger partial charge on any atom is -0.493 e. The van der Waals surface area contributed by atoms with E-state index < -0.39 is 0 Å². The summed E-state index contributed by atoms with van der Waals surface area (Å²) >= 11 is 0. The Morgan fingerprint density at radius 2 is 1.80 bits per heavy atom. The number of aromatic nitrogens is 1. The molecule has 0 N–H and O–H groups in total. The summed E-state index contributed by atoms with van der Waals surface area (Å²) in [7, 11) is 0. The minimum absolute atomic E-state index is 0.0739. The molecule has 0 saturated carbocycles. The zero-order valence-electron chi connectivity index (χ0n) is 12.1. The van der Waals surface area contributed by atoms with Gasteiger partial charge in [0.2, 0.25) is 0 Å². The number of pyridine rings is 1. The van der Waals surface area contributed by atoms with Gasteiger partial charge in [-0.3, -0.25) is 4.79 Å². The predicted molar refractivity (Wildman–Crippen MR) is 81.3 cm³/mol. The van der Waals surface area contributed by atoms with Crippen LogP contribution in [0.1, 0.15) is 24.1 Å². The van der Waals surface area contributed by atoms with E-state index in [9.17, 15) is 4.79 Å². The third-order valence-electron chi connectivity index (χ3n) is 3.40. The Morgan fingerprint density at radius 3 is 2.55 bits per heavy atom. The molecule has 0 unspecified atom stereocenters. The number of aryl methyl sites for hydroxylation is 2. The highest BCUT2D eigenvalue weighted by Gasteiger charge is 2.00. The molecule has 3 heteroatoms. The number of nitrogens with zero attached hydrogens (tertiary/aromatic N) is 1. The summed E-state index contributed by atoms with van der Waals surface area (Å²) in [4.78, 5) is 11.7. The van der Waals surface area contributed by atoms with Crippen molar-refractivity contribution in [2.75, 3.05) is 6.61 Å². The van der Waals surface area contributed by atoms with Crippen LogP contribution in [0.25, 0.3) is 0 Å². The maximum absolute atomic E-state index is 11.7. The van der Waals surface area contributed by atoms with E-state index in [0.717, 1.165) is 36.4 Å². The second kappa shape index (κ2) is 6.94. The molecule has 0 radical (unpaired) electrons. The Labute approximate surface area is 119 Å². The van der Waals surface area contributed by atoms with Crippen molar-refractivity contribution in [3.63, 3.8) is 0 Å². The second-order valence-electron chi connectivity index (χ2n) is 4.98. The van der Waals surface area contributed by atoms with Crippen molar-refractivity contribution in [1.82, 2.24) is 4.57 Å². The molecule has 1 heterocycles. The second-order valence-corrected chi connectivity index (χ2v) is 4.98. The van der Waals surface area contributed by atoms with Gasteiger partial charge in [0.05, 0.1) is 6.61 Å². The topological polar surface area (TPSA) is 31.2 Å². The van der Waals surface area contributed by atoms with Crippen LogP contribution in [-0.2, 0) is 6.54 Å². The molecule has 20 heavy (non-hydrogen) atoms. The molecule has 2 aromatic rings. The first-order valence-electron chi connectivity index (χ1n) is 7.03. The van der Waals surface area contributed by atoms with Crippen LogP contribution < -0.4 is 10.3 Å². The molecule has 106 valence electrons. The lowest BCUT2D eigenvalue weighted by molar-refractivity contribution is 0.300. The average molecular weight is 271 g/mol. The molecule has 3 nitrogen and oxygen atoms in total. The van der Waals surface area contributed by atoms with Gasteiger partial charge in [-0.1, -0.05) is 24.3 Å². The lowest BCUT2D eigenvalue weighted by Gasteiger charge is -2.10. The molecule has 0 aliphatic rings. The third kappa shape index (κ3) is 3.73. The standard InChI is InChI=1S/C17H21NO2/c1-14-8-3-4-10-16(14)20-13-6-5-12-18-15(2)9-7-11-17(18)19/h3-4,7-11H,5-6,12-13H2,1-2H3. The Bertz CT molecular complexity index is 616. The van der Waals surface area contributed by atoms with Gasteiger partial charge < -0.3 is 9.30 Å². The SMILES string of the molecule is Cc1ccccc1OCCCCn1c(C)cccc1=O. The molecule has 1 aromatic heterocycles. The Morgan fingerprint density at radius 1 is 1.00 bits per heavy atom. The highest BCUT2D eigenvalue weighted by molar-refractivity contribution is 5.31. The van der Waals surface area contributed by atoms with E-state index in [4.69, 9.17) is 4.74 Å². The summed E-state index contributed by atoms with van der Waals surface area (Å²) in [6.45, 7) is 5.45. The quantitative estimate of drug-likeness (QED) is 0.755. The van der Waals surface area contributed by atoms with Gasteiger partial charge in [0.1, 0.15) is 5.75 Å². The number of hydrogen-bond acceptors (Lipinski definition) is 2. The van der Waals surface area contributed by atoms with Crippen molar-refractivity contribution < 1.29 is 4.74 Å². The largest absolute Gasteiger partial charge is 0.493 e. The Kier molecular flexibility index (Phi) is 4.99. The number of benzene rings is 1. The summed E-state index contributed by atoms with van der Waals surface area (Å²) in [5.74, 6) is 0.945. The van der Waals surface area contributed by atoms with E-state index in [1.807, 2.05) is 48.7 Å². The lowest BCUT2D eigenvalue weighted by atomic mass is 10.2. The first-order chi connectivity index (χ1) is 9.68. The molecule has 0 spiro atoms. The van der Waals surface area contributed by atoms with Crippen molar-refractivity contribution in [3.05, 3.63) is 64.1 Å². The number of hydrogen-bond donors (Lipinski definition) is 0. The molecule has 0 fully saturated rings. The fourth-order valence-electron chi connectivity index (χ4n) is 2.18. The van der Waals surface area contributed by atoms with E-state index in [2.05, 4.69) is 0 Å². The molecular formula is C17H21NO2. The molecule has 0 atom stereocenters. The van der Waals surface area contributed by atoms with Crippen molar-refractivity contribution in [2.24, 2.45) is 0 Å².